The minimum Gasteiger partial charge on any atom is -1.00 e. The maximum absolute atomic E-state index is 0. The summed E-state index contributed by atoms with van der Waals surface area (Å²) in [6, 6.07) is 0. The largest absolute Gasteiger partial charge is 2.00 e. The van der Waals surface area contributed by atoms with Crippen molar-refractivity contribution in [1.82, 2.24) is 0 Å². The summed E-state index contributed by atoms with van der Waals surface area (Å²) in [6.07, 6.45) is 0. The molecule has 0 aromatic rings. The standard InChI is InChI=1S/Ca.Cu.K.Mg.H3P.Zn.5H/h;;;;1H3;;;;;;/q+2;;+1;+2;;;5*-1. The van der Waals surface area contributed by atoms with Gasteiger partial charge in [-0.15, -0.1) is 0 Å². The van der Waals surface area contributed by atoms with Crippen molar-refractivity contribution < 1.29 is 95.1 Å². The fourth-order valence-corrected chi connectivity index (χ4v) is 0. The van der Waals surface area contributed by atoms with Crippen molar-refractivity contribution in [3.8, 4) is 0 Å². The van der Waals surface area contributed by atoms with E-state index in [9.17, 15) is 0 Å². The van der Waals surface area contributed by atoms with Gasteiger partial charge in [0.2, 0.25) is 0 Å². The van der Waals surface area contributed by atoms with E-state index in [1.54, 1.807) is 0 Å². The van der Waals surface area contributed by atoms with Crippen molar-refractivity contribution in [2.24, 2.45) is 0 Å². The Morgan fingerprint density at radius 2 is 1.17 bits per heavy atom. The fraction of sp³-hybridized carbons (Fsp3) is 0. The molecule has 0 saturated carbocycles. The summed E-state index contributed by atoms with van der Waals surface area (Å²) in [4.78, 5) is 0. The topological polar surface area (TPSA) is 0 Å². The van der Waals surface area contributed by atoms with Crippen LogP contribution in [0.5, 0.6) is 0 Å². The minimum atomic E-state index is 0. The Bertz CT molecular complexity index is 26.4. The summed E-state index contributed by atoms with van der Waals surface area (Å²) in [5.74, 6) is 0. The molecule has 0 aromatic carbocycles. The first-order valence-corrected chi connectivity index (χ1v) is 0. The van der Waals surface area contributed by atoms with Crippen molar-refractivity contribution in [3.05, 3.63) is 0 Å². The Morgan fingerprint density at radius 1 is 1.17 bits per heavy atom. The number of hydrogen-bond acceptors (Lipinski definition) is 0. The van der Waals surface area contributed by atoms with Crippen molar-refractivity contribution in [1.29, 1.82) is 0 Å². The summed E-state index contributed by atoms with van der Waals surface area (Å²) >= 11 is 0. The maximum Gasteiger partial charge on any atom is 2.00 e. The molecular weight excluding hydrogens is 263 g/mol. The van der Waals surface area contributed by atoms with Crippen LogP contribution in [-0.4, -0.2) is 60.8 Å². The zero-order valence-corrected chi connectivity index (χ0v) is 16.2. The molecule has 0 saturated heterocycles. The molecule has 0 fully saturated rings. The summed E-state index contributed by atoms with van der Waals surface area (Å²) < 4.78 is 0. The first-order valence-electron chi connectivity index (χ1n) is 0. The predicted octanol–water partition coefficient (Wildman–Crippen LogP) is -3.14. The zero-order valence-electron chi connectivity index (χ0n) is 9.13. The third kappa shape index (κ3) is 22.9. The quantitative estimate of drug-likeness (QED) is 0.323. The van der Waals surface area contributed by atoms with E-state index in [-0.39, 0.29) is 166 Å². The van der Waals surface area contributed by atoms with Crippen LogP contribution in [0.3, 0.4) is 0 Å². The van der Waals surface area contributed by atoms with Crippen LogP contribution in [0.1, 0.15) is 7.13 Å². The first kappa shape index (κ1) is 42.9. The second-order valence-corrected chi connectivity index (χ2v) is 0. The maximum atomic E-state index is 0. The average Bonchev–Trinajstić information content (AvgIpc) is 0. The number of hydrogen-bond donors (Lipinski definition) is 0. The molecule has 6 heteroatoms. The Labute approximate surface area is 161 Å². The smallest absolute Gasteiger partial charge is 1.00 e. The van der Waals surface area contributed by atoms with Gasteiger partial charge in [0.25, 0.3) is 0 Å². The molecule has 0 N–H and O–H groups in total. The monoisotopic (exact) mass is 269 g/mol. The van der Waals surface area contributed by atoms with Gasteiger partial charge >= 0.3 is 112 Å². The number of rotatable bonds is 0. The van der Waals surface area contributed by atoms with Crippen LogP contribution in [0.4, 0.5) is 0 Å². The summed E-state index contributed by atoms with van der Waals surface area (Å²) in [5, 5.41) is 0. The second kappa shape index (κ2) is 31.9. The molecule has 0 aliphatic heterocycles. The first-order chi connectivity index (χ1) is 0. The van der Waals surface area contributed by atoms with Gasteiger partial charge < -0.3 is 7.13 Å². The van der Waals surface area contributed by atoms with Crippen LogP contribution < -0.4 is 51.4 Å². The molecule has 31 valence electrons. The van der Waals surface area contributed by atoms with Crippen molar-refractivity contribution in [2.75, 3.05) is 0 Å². The molecule has 6 heavy (non-hydrogen) atoms. The van der Waals surface area contributed by atoms with E-state index in [0.29, 0.717) is 0 Å². The van der Waals surface area contributed by atoms with Gasteiger partial charge in [0.1, 0.15) is 0 Å². The van der Waals surface area contributed by atoms with E-state index < -0.39 is 0 Å². The van der Waals surface area contributed by atoms with Gasteiger partial charge in [-0.05, 0) is 0 Å². The van der Waals surface area contributed by atoms with E-state index >= 15 is 0 Å². The van der Waals surface area contributed by atoms with E-state index in [1.165, 1.54) is 0 Å². The predicted molar refractivity (Wildman–Crippen MR) is 28.2 cm³/mol. The van der Waals surface area contributed by atoms with Crippen LogP contribution in [0.25, 0.3) is 0 Å². The van der Waals surface area contributed by atoms with Crippen molar-refractivity contribution in [2.45, 2.75) is 0 Å². The third-order valence-corrected chi connectivity index (χ3v) is 0. The summed E-state index contributed by atoms with van der Waals surface area (Å²) in [7, 11) is 0. The van der Waals surface area contributed by atoms with E-state index in [2.05, 4.69) is 0 Å². The van der Waals surface area contributed by atoms with E-state index in [4.69, 9.17) is 0 Å². The molecular formula is H8CaCuKMgPZn. The molecule has 0 amide bonds. The van der Waals surface area contributed by atoms with Gasteiger partial charge in [0.15, 0.2) is 0 Å². The molecule has 0 rings (SSSR count). The molecule has 0 aliphatic rings. The van der Waals surface area contributed by atoms with Crippen LogP contribution in [-0.2, 0) is 36.5 Å². The van der Waals surface area contributed by atoms with Gasteiger partial charge in [-0.25, -0.2) is 0 Å². The Morgan fingerprint density at radius 3 is 1.17 bits per heavy atom. The summed E-state index contributed by atoms with van der Waals surface area (Å²) in [6.45, 7) is 0. The van der Waals surface area contributed by atoms with Crippen molar-refractivity contribution in [3.63, 3.8) is 0 Å². The van der Waals surface area contributed by atoms with Crippen LogP contribution in [0, 0.1) is 0 Å². The van der Waals surface area contributed by atoms with E-state index in [1.807, 2.05) is 0 Å². The molecule has 1 atom stereocenters. The molecule has 0 nitrogen and oxygen atoms in total. The molecule has 0 spiro atoms. The Hall–Kier alpha value is 5.24. The molecule has 1 radical (unpaired) electrons. The SMILES string of the molecule is P.[Ca+2].[Cu].[H-].[H-].[H-].[H-].[H-].[K+].[Mg+2].[Zn]. The van der Waals surface area contributed by atoms with E-state index in [0.717, 1.165) is 0 Å². The normalized spacial score (nSPS) is 0. The van der Waals surface area contributed by atoms with Gasteiger partial charge in [-0.2, -0.15) is 9.90 Å². The Balaban J connectivity index is 0. The third-order valence-electron chi connectivity index (χ3n) is 0. The molecule has 0 bridgehead atoms. The average molecular weight is 271 g/mol. The van der Waals surface area contributed by atoms with Crippen LogP contribution in [0.2, 0.25) is 0 Å². The van der Waals surface area contributed by atoms with Crippen molar-refractivity contribution >= 4 is 70.7 Å². The fourth-order valence-electron chi connectivity index (χ4n) is 0. The second-order valence-electron chi connectivity index (χ2n) is 0. The molecule has 0 heterocycles. The van der Waals surface area contributed by atoms with Gasteiger partial charge in [0.05, 0.1) is 0 Å². The minimum absolute atomic E-state index is 0. The molecule has 0 aromatic heterocycles. The van der Waals surface area contributed by atoms with Gasteiger partial charge in [0, 0.05) is 36.5 Å². The Kier molecular flexibility index (Phi) is 228. The molecule has 1 unspecified atom stereocenters. The van der Waals surface area contributed by atoms with Gasteiger partial charge in [-0.3, -0.25) is 0 Å². The molecule has 0 aliphatic carbocycles. The zero-order chi connectivity index (χ0) is 0. The van der Waals surface area contributed by atoms with Gasteiger partial charge in [-0.1, -0.05) is 0 Å². The summed E-state index contributed by atoms with van der Waals surface area (Å²) in [5.41, 5.74) is 0. The van der Waals surface area contributed by atoms with Crippen LogP contribution in [0.15, 0.2) is 0 Å². The van der Waals surface area contributed by atoms with Crippen LogP contribution >= 0.6 is 9.90 Å².